The summed E-state index contributed by atoms with van der Waals surface area (Å²) in [6, 6.07) is 10.1. The van der Waals surface area contributed by atoms with Crippen molar-refractivity contribution in [2.45, 2.75) is 4.90 Å². The van der Waals surface area contributed by atoms with Crippen LogP contribution in [0.15, 0.2) is 41.3 Å². The van der Waals surface area contributed by atoms with Crippen molar-refractivity contribution >= 4 is 50.5 Å². The van der Waals surface area contributed by atoms with Gasteiger partial charge in [0.25, 0.3) is 10.0 Å². The molecule has 0 heterocycles. The summed E-state index contributed by atoms with van der Waals surface area (Å²) in [5, 5.41) is 9.35. The van der Waals surface area contributed by atoms with Crippen molar-refractivity contribution in [3.8, 4) is 6.07 Å². The number of hydrogen-bond donors (Lipinski definition) is 1. The molecule has 2 aromatic rings. The van der Waals surface area contributed by atoms with E-state index >= 15 is 0 Å². The van der Waals surface area contributed by atoms with Crippen LogP contribution in [-0.4, -0.2) is 8.42 Å². The maximum atomic E-state index is 12.2. The highest BCUT2D eigenvalue weighted by atomic mass is 35.5. The Hall–Kier alpha value is -1.45. The third-order valence-corrected chi connectivity index (χ3v) is 4.60. The smallest absolute Gasteiger partial charge is 0.261 e. The topological polar surface area (TPSA) is 70.0 Å². The second kappa shape index (κ2) is 6.12. The summed E-state index contributed by atoms with van der Waals surface area (Å²) < 4.78 is 26.8. The van der Waals surface area contributed by atoms with E-state index in [1.54, 1.807) is 0 Å². The van der Waals surface area contributed by atoms with Gasteiger partial charge in [-0.2, -0.15) is 5.26 Å². The fraction of sp³-hybridized carbons (Fsp3) is 0. The van der Waals surface area contributed by atoms with Crippen LogP contribution < -0.4 is 4.72 Å². The Morgan fingerprint density at radius 2 is 1.62 bits per heavy atom. The van der Waals surface area contributed by atoms with Gasteiger partial charge in [-0.05, 0) is 36.4 Å². The average molecular weight is 362 g/mol. The molecule has 0 aliphatic heterocycles. The van der Waals surface area contributed by atoms with Crippen LogP contribution in [0.25, 0.3) is 0 Å². The highest BCUT2D eigenvalue weighted by molar-refractivity contribution is 7.92. The number of nitrogens with zero attached hydrogens (tertiary/aromatic N) is 1. The number of benzene rings is 2. The Kier molecular flexibility index (Phi) is 4.64. The van der Waals surface area contributed by atoms with E-state index in [1.807, 2.05) is 6.07 Å². The summed E-state index contributed by atoms with van der Waals surface area (Å²) in [6.07, 6.45) is 0. The van der Waals surface area contributed by atoms with Gasteiger partial charge >= 0.3 is 0 Å². The van der Waals surface area contributed by atoms with Crippen molar-refractivity contribution in [2.24, 2.45) is 0 Å². The van der Waals surface area contributed by atoms with E-state index in [4.69, 9.17) is 40.1 Å². The molecule has 8 heteroatoms. The van der Waals surface area contributed by atoms with Gasteiger partial charge in [0, 0.05) is 10.0 Å². The van der Waals surface area contributed by atoms with Crippen molar-refractivity contribution < 1.29 is 8.42 Å². The highest BCUT2D eigenvalue weighted by Crippen LogP contribution is 2.26. The molecule has 0 bridgehead atoms. The number of anilines is 1. The zero-order chi connectivity index (χ0) is 15.6. The Balaban J connectivity index is 2.38. The van der Waals surface area contributed by atoms with Crippen molar-refractivity contribution in [1.82, 2.24) is 0 Å². The summed E-state index contributed by atoms with van der Waals surface area (Å²) in [7, 11) is -3.86. The van der Waals surface area contributed by atoms with Crippen molar-refractivity contribution in [2.75, 3.05) is 4.72 Å². The summed E-state index contributed by atoms with van der Waals surface area (Å²) in [6.45, 7) is 0. The molecule has 1 N–H and O–H groups in total. The molecule has 0 aromatic heterocycles. The third kappa shape index (κ3) is 3.80. The Bertz CT molecular complexity index is 825. The molecule has 0 aliphatic rings. The molecule has 21 heavy (non-hydrogen) atoms. The van der Waals surface area contributed by atoms with Crippen molar-refractivity contribution in [3.05, 3.63) is 57.0 Å². The van der Waals surface area contributed by atoms with Crippen LogP contribution in [-0.2, 0) is 10.0 Å². The highest BCUT2D eigenvalue weighted by Gasteiger charge is 2.16. The Morgan fingerprint density at radius 3 is 2.14 bits per heavy atom. The Morgan fingerprint density at radius 1 is 1.00 bits per heavy atom. The molecular formula is C13H7Cl3N2O2S. The van der Waals surface area contributed by atoms with Gasteiger partial charge in [-0.3, -0.25) is 4.72 Å². The number of nitriles is 1. The van der Waals surface area contributed by atoms with Gasteiger partial charge in [-0.1, -0.05) is 34.8 Å². The first-order chi connectivity index (χ1) is 9.81. The molecule has 0 fully saturated rings. The summed E-state index contributed by atoms with van der Waals surface area (Å²) in [4.78, 5) is -0.0690. The lowest BCUT2D eigenvalue weighted by molar-refractivity contribution is 0.601. The van der Waals surface area contributed by atoms with Crippen LogP contribution in [0, 0.1) is 11.3 Å². The zero-order valence-corrected chi connectivity index (χ0v) is 13.4. The summed E-state index contributed by atoms with van der Waals surface area (Å²) in [5.74, 6) is 0. The zero-order valence-electron chi connectivity index (χ0n) is 10.3. The second-order valence-electron chi connectivity index (χ2n) is 4.02. The minimum atomic E-state index is -3.86. The van der Waals surface area contributed by atoms with Gasteiger partial charge in [0.1, 0.15) is 6.07 Å². The first kappa shape index (κ1) is 15.9. The molecule has 0 atom stereocenters. The number of hydrogen-bond acceptors (Lipinski definition) is 3. The molecule has 0 aliphatic carbocycles. The SMILES string of the molecule is N#Cc1ccc(NS(=O)(=O)c2cc(Cl)cc(Cl)c2)cc1Cl. The minimum absolute atomic E-state index is 0.0690. The van der Waals surface area contributed by atoms with Crippen LogP contribution in [0.2, 0.25) is 15.1 Å². The number of sulfonamides is 1. The summed E-state index contributed by atoms with van der Waals surface area (Å²) in [5.41, 5.74) is 0.487. The van der Waals surface area contributed by atoms with Gasteiger partial charge in [0.15, 0.2) is 0 Å². The van der Waals surface area contributed by atoms with E-state index in [0.717, 1.165) is 0 Å². The van der Waals surface area contributed by atoms with E-state index in [-0.39, 0.29) is 31.2 Å². The van der Waals surface area contributed by atoms with Gasteiger partial charge in [0.05, 0.1) is 21.2 Å². The largest absolute Gasteiger partial charge is 0.280 e. The van der Waals surface area contributed by atoms with Crippen LogP contribution in [0.5, 0.6) is 0 Å². The maximum absolute atomic E-state index is 12.2. The van der Waals surface area contributed by atoms with Crippen LogP contribution in [0.3, 0.4) is 0 Å². The number of nitrogens with one attached hydrogen (secondary N) is 1. The van der Waals surface area contributed by atoms with Gasteiger partial charge in [-0.15, -0.1) is 0 Å². The lowest BCUT2D eigenvalue weighted by atomic mass is 10.2. The van der Waals surface area contributed by atoms with Crippen molar-refractivity contribution in [1.29, 1.82) is 5.26 Å². The van der Waals surface area contributed by atoms with E-state index in [1.165, 1.54) is 36.4 Å². The molecule has 0 saturated carbocycles. The molecule has 0 radical (unpaired) electrons. The van der Waals surface area contributed by atoms with E-state index in [2.05, 4.69) is 4.72 Å². The quantitative estimate of drug-likeness (QED) is 0.885. The molecule has 2 rings (SSSR count). The van der Waals surface area contributed by atoms with Crippen LogP contribution in [0.4, 0.5) is 5.69 Å². The molecular weight excluding hydrogens is 355 g/mol. The minimum Gasteiger partial charge on any atom is -0.280 e. The summed E-state index contributed by atoms with van der Waals surface area (Å²) >= 11 is 17.4. The molecule has 0 amide bonds. The second-order valence-corrected chi connectivity index (χ2v) is 6.98. The molecule has 0 unspecified atom stereocenters. The lowest BCUT2D eigenvalue weighted by Gasteiger charge is -2.09. The lowest BCUT2D eigenvalue weighted by Crippen LogP contribution is -2.13. The first-order valence-electron chi connectivity index (χ1n) is 5.50. The molecule has 2 aromatic carbocycles. The van der Waals surface area contributed by atoms with E-state index in [0.29, 0.717) is 0 Å². The number of halogens is 3. The molecule has 0 saturated heterocycles. The third-order valence-electron chi connectivity index (χ3n) is 2.49. The molecule has 108 valence electrons. The fourth-order valence-electron chi connectivity index (χ4n) is 1.57. The standard InChI is InChI=1S/C13H7Cl3N2O2S/c14-9-3-10(15)5-12(4-9)21(19,20)18-11-2-1-8(7-17)13(16)6-11/h1-6,18H. The van der Waals surface area contributed by atoms with Gasteiger partial charge < -0.3 is 0 Å². The van der Waals surface area contributed by atoms with Gasteiger partial charge in [0.2, 0.25) is 0 Å². The normalized spacial score (nSPS) is 11.0. The van der Waals surface area contributed by atoms with E-state index < -0.39 is 10.0 Å². The molecule has 4 nitrogen and oxygen atoms in total. The average Bonchev–Trinajstić information content (AvgIpc) is 2.37. The molecule has 0 spiro atoms. The van der Waals surface area contributed by atoms with Crippen LogP contribution in [0.1, 0.15) is 5.56 Å². The number of rotatable bonds is 3. The predicted octanol–water partition coefficient (Wildman–Crippen LogP) is 4.32. The van der Waals surface area contributed by atoms with Gasteiger partial charge in [-0.25, -0.2) is 8.42 Å². The van der Waals surface area contributed by atoms with Crippen molar-refractivity contribution in [3.63, 3.8) is 0 Å². The van der Waals surface area contributed by atoms with E-state index in [9.17, 15) is 8.42 Å². The Labute approximate surface area is 136 Å². The first-order valence-corrected chi connectivity index (χ1v) is 8.12. The maximum Gasteiger partial charge on any atom is 0.261 e. The predicted molar refractivity (Wildman–Crippen MR) is 83.4 cm³/mol. The van der Waals surface area contributed by atoms with Crippen LogP contribution >= 0.6 is 34.8 Å². The monoisotopic (exact) mass is 360 g/mol. The fourth-order valence-corrected chi connectivity index (χ4v) is 3.56.